The molecule has 204 valence electrons. The maximum Gasteiger partial charge on any atom is 0.254 e. The molecule has 39 heavy (non-hydrogen) atoms. The molecule has 2 atom stereocenters. The lowest BCUT2D eigenvalue weighted by Crippen LogP contribution is -2.50. The highest BCUT2D eigenvalue weighted by atomic mass is 16.5. The number of nitrogens with zero attached hydrogens (tertiary/aromatic N) is 2. The summed E-state index contributed by atoms with van der Waals surface area (Å²) >= 11 is 0. The molecule has 0 bridgehead atoms. The SMILES string of the molecule is CCN(CCCNC(=O)[C@@H]1c2cc(OC)c(OC)cc2C(=O)N2CCc3ccccc3[C@@H]12)c1cccc(C)c1. The van der Waals surface area contributed by atoms with E-state index in [0.29, 0.717) is 35.7 Å². The van der Waals surface area contributed by atoms with Gasteiger partial charge in [-0.3, -0.25) is 9.59 Å². The zero-order valence-electron chi connectivity index (χ0n) is 23.2. The summed E-state index contributed by atoms with van der Waals surface area (Å²) in [7, 11) is 3.12. The van der Waals surface area contributed by atoms with E-state index in [1.807, 2.05) is 23.1 Å². The monoisotopic (exact) mass is 527 g/mol. The first kappa shape index (κ1) is 26.6. The summed E-state index contributed by atoms with van der Waals surface area (Å²) in [5.41, 5.74) is 5.83. The number of methoxy groups -OCH3 is 2. The number of anilines is 1. The standard InChI is InChI=1S/C32H37N3O4/c1-5-34(23-12-8-10-21(2)18-23)16-9-15-33-31(36)29-25-19-27(38-3)28(39-4)20-26(25)32(37)35-17-14-22-11-6-7-13-24(22)30(29)35/h6-8,10-13,18-20,29-30H,5,9,14-17H2,1-4H3,(H,33,36)/t29-,30+/m1/s1. The Morgan fingerprint density at radius 3 is 2.54 bits per heavy atom. The Bertz CT molecular complexity index is 1370. The molecule has 0 radical (unpaired) electrons. The minimum Gasteiger partial charge on any atom is -0.493 e. The molecule has 3 aromatic carbocycles. The number of carbonyl (C=O) groups excluding carboxylic acids is 2. The number of benzene rings is 3. The molecule has 3 aromatic rings. The van der Waals surface area contributed by atoms with Crippen LogP contribution in [0.2, 0.25) is 0 Å². The van der Waals surface area contributed by atoms with E-state index in [1.165, 1.54) is 16.8 Å². The molecule has 7 heteroatoms. The molecule has 0 aromatic heterocycles. The van der Waals surface area contributed by atoms with Gasteiger partial charge in [0.1, 0.15) is 0 Å². The van der Waals surface area contributed by atoms with Gasteiger partial charge in [0.25, 0.3) is 5.91 Å². The average Bonchev–Trinajstić information content (AvgIpc) is 2.96. The van der Waals surface area contributed by atoms with Crippen molar-refractivity contribution in [2.45, 2.75) is 38.6 Å². The summed E-state index contributed by atoms with van der Waals surface area (Å²) in [5, 5.41) is 3.20. The van der Waals surface area contributed by atoms with Gasteiger partial charge in [0.05, 0.1) is 26.2 Å². The Hall–Kier alpha value is -4.00. The summed E-state index contributed by atoms with van der Waals surface area (Å²) in [6.45, 7) is 7.09. The lowest BCUT2D eigenvalue weighted by Gasteiger charge is -2.45. The van der Waals surface area contributed by atoms with Crippen LogP contribution in [0.5, 0.6) is 11.5 Å². The summed E-state index contributed by atoms with van der Waals surface area (Å²) in [6.07, 6.45) is 1.57. The molecule has 2 aliphatic rings. The van der Waals surface area contributed by atoms with Crippen molar-refractivity contribution in [1.29, 1.82) is 0 Å². The van der Waals surface area contributed by atoms with E-state index in [-0.39, 0.29) is 17.9 Å². The largest absolute Gasteiger partial charge is 0.493 e. The van der Waals surface area contributed by atoms with Crippen LogP contribution in [-0.4, -0.2) is 57.1 Å². The van der Waals surface area contributed by atoms with E-state index in [4.69, 9.17) is 9.47 Å². The molecule has 0 aliphatic carbocycles. The van der Waals surface area contributed by atoms with Crippen LogP contribution < -0.4 is 19.7 Å². The van der Waals surface area contributed by atoms with Crippen LogP contribution in [-0.2, 0) is 11.2 Å². The predicted octanol–water partition coefficient (Wildman–Crippen LogP) is 4.88. The Morgan fingerprint density at radius 2 is 1.79 bits per heavy atom. The van der Waals surface area contributed by atoms with E-state index in [2.05, 4.69) is 54.4 Å². The van der Waals surface area contributed by atoms with Gasteiger partial charge in [0.15, 0.2) is 11.5 Å². The van der Waals surface area contributed by atoms with Crippen LogP contribution in [0.25, 0.3) is 0 Å². The van der Waals surface area contributed by atoms with Crippen molar-refractivity contribution >= 4 is 17.5 Å². The van der Waals surface area contributed by atoms with Crippen molar-refractivity contribution in [2.75, 3.05) is 45.3 Å². The zero-order chi connectivity index (χ0) is 27.5. The van der Waals surface area contributed by atoms with Crippen molar-refractivity contribution in [3.63, 3.8) is 0 Å². The van der Waals surface area contributed by atoms with E-state index >= 15 is 0 Å². The maximum atomic E-state index is 14.0. The molecule has 1 N–H and O–H groups in total. The van der Waals surface area contributed by atoms with Crippen LogP contribution in [0.15, 0.2) is 60.7 Å². The third kappa shape index (κ3) is 5.05. The summed E-state index contributed by atoms with van der Waals surface area (Å²) < 4.78 is 11.1. The van der Waals surface area contributed by atoms with Crippen molar-refractivity contribution in [1.82, 2.24) is 10.2 Å². The Morgan fingerprint density at radius 1 is 1.03 bits per heavy atom. The van der Waals surface area contributed by atoms with Crippen molar-refractivity contribution in [3.8, 4) is 11.5 Å². The van der Waals surface area contributed by atoms with Crippen LogP contribution >= 0.6 is 0 Å². The number of hydrogen-bond acceptors (Lipinski definition) is 5. The molecule has 7 nitrogen and oxygen atoms in total. The number of nitrogens with one attached hydrogen (secondary N) is 1. The topological polar surface area (TPSA) is 71.1 Å². The van der Waals surface area contributed by atoms with Gasteiger partial charge < -0.3 is 24.6 Å². The van der Waals surface area contributed by atoms with Crippen LogP contribution in [0.1, 0.15) is 57.9 Å². The van der Waals surface area contributed by atoms with Crippen molar-refractivity contribution in [2.24, 2.45) is 0 Å². The van der Waals surface area contributed by atoms with Crippen LogP contribution in [0, 0.1) is 6.92 Å². The fraction of sp³-hybridized carbons (Fsp3) is 0.375. The lowest BCUT2D eigenvalue weighted by atomic mass is 9.75. The minimum atomic E-state index is -0.557. The first-order chi connectivity index (χ1) is 19.0. The van der Waals surface area contributed by atoms with Gasteiger partial charge in [-0.05, 0) is 73.2 Å². The van der Waals surface area contributed by atoms with Crippen molar-refractivity contribution in [3.05, 3.63) is 88.5 Å². The molecular formula is C32H37N3O4. The van der Waals surface area contributed by atoms with Gasteiger partial charge in [-0.25, -0.2) is 0 Å². The van der Waals surface area contributed by atoms with E-state index in [0.717, 1.165) is 31.5 Å². The zero-order valence-corrected chi connectivity index (χ0v) is 23.2. The maximum absolute atomic E-state index is 14.0. The van der Waals surface area contributed by atoms with Gasteiger partial charge >= 0.3 is 0 Å². The molecule has 0 unspecified atom stereocenters. The smallest absolute Gasteiger partial charge is 0.254 e. The molecule has 2 heterocycles. The predicted molar refractivity (Wildman–Crippen MR) is 153 cm³/mol. The highest BCUT2D eigenvalue weighted by Gasteiger charge is 2.46. The molecule has 0 saturated carbocycles. The van der Waals surface area contributed by atoms with Crippen LogP contribution in [0.4, 0.5) is 5.69 Å². The first-order valence-corrected chi connectivity index (χ1v) is 13.7. The normalized spacial score (nSPS) is 17.5. The second-order valence-corrected chi connectivity index (χ2v) is 10.2. The van der Waals surface area contributed by atoms with Gasteiger partial charge in [-0.2, -0.15) is 0 Å². The molecule has 2 aliphatic heterocycles. The Labute approximate surface area is 230 Å². The quantitative estimate of drug-likeness (QED) is 0.402. The fourth-order valence-corrected chi connectivity index (χ4v) is 6.02. The number of hydrogen-bond donors (Lipinski definition) is 1. The van der Waals surface area contributed by atoms with E-state index in [9.17, 15) is 9.59 Å². The fourth-order valence-electron chi connectivity index (χ4n) is 6.02. The highest BCUT2D eigenvalue weighted by molar-refractivity contribution is 6.02. The van der Waals surface area contributed by atoms with Gasteiger partial charge in [-0.15, -0.1) is 0 Å². The third-order valence-electron chi connectivity index (χ3n) is 7.96. The molecule has 0 saturated heterocycles. The lowest BCUT2D eigenvalue weighted by molar-refractivity contribution is -0.124. The van der Waals surface area contributed by atoms with Gasteiger partial charge in [0.2, 0.25) is 5.91 Å². The number of fused-ring (bicyclic) bond motifs is 4. The Kier molecular flexibility index (Phi) is 7.77. The summed E-state index contributed by atoms with van der Waals surface area (Å²) in [5.74, 6) is 0.275. The highest BCUT2D eigenvalue weighted by Crippen LogP contribution is 2.48. The Balaban J connectivity index is 1.42. The number of rotatable bonds is 9. The first-order valence-electron chi connectivity index (χ1n) is 13.7. The summed E-state index contributed by atoms with van der Waals surface area (Å²) in [6, 6.07) is 19.8. The summed E-state index contributed by atoms with van der Waals surface area (Å²) in [4.78, 5) is 31.9. The molecule has 5 rings (SSSR count). The molecular weight excluding hydrogens is 490 g/mol. The molecule has 2 amide bonds. The minimum absolute atomic E-state index is 0.0775. The molecule has 0 fully saturated rings. The number of ether oxygens (including phenoxy) is 2. The average molecular weight is 528 g/mol. The van der Waals surface area contributed by atoms with Crippen molar-refractivity contribution < 1.29 is 19.1 Å². The third-order valence-corrected chi connectivity index (χ3v) is 7.96. The number of aryl methyl sites for hydroxylation is 1. The van der Waals surface area contributed by atoms with Gasteiger partial charge in [0, 0.05) is 37.4 Å². The van der Waals surface area contributed by atoms with Crippen LogP contribution in [0.3, 0.4) is 0 Å². The van der Waals surface area contributed by atoms with Gasteiger partial charge in [-0.1, -0.05) is 36.4 Å². The number of amides is 2. The van der Waals surface area contributed by atoms with E-state index < -0.39 is 5.92 Å². The molecule has 0 spiro atoms. The van der Waals surface area contributed by atoms with E-state index in [1.54, 1.807) is 26.4 Å². The number of carbonyl (C=O) groups is 2. The second kappa shape index (κ2) is 11.4. The second-order valence-electron chi connectivity index (χ2n) is 10.2.